The van der Waals surface area contributed by atoms with Gasteiger partial charge in [-0.15, -0.1) is 11.3 Å². The van der Waals surface area contributed by atoms with Gasteiger partial charge >= 0.3 is 0 Å². The Labute approximate surface area is 101 Å². The smallest absolute Gasteiger partial charge is 0.185 e. The van der Waals surface area contributed by atoms with E-state index in [9.17, 15) is 0 Å². The molecule has 0 aromatic carbocycles. The van der Waals surface area contributed by atoms with Gasteiger partial charge in [0.15, 0.2) is 5.13 Å². The summed E-state index contributed by atoms with van der Waals surface area (Å²) in [6, 6.07) is 0. The zero-order chi connectivity index (χ0) is 11.4. The highest BCUT2D eigenvalue weighted by Gasteiger charge is 2.16. The molecule has 0 unspecified atom stereocenters. The van der Waals surface area contributed by atoms with Crippen LogP contribution in [0.15, 0.2) is 5.38 Å². The fourth-order valence-corrected chi connectivity index (χ4v) is 2.87. The van der Waals surface area contributed by atoms with Gasteiger partial charge in [0.25, 0.3) is 0 Å². The second-order valence-corrected chi connectivity index (χ2v) is 5.01. The maximum absolute atomic E-state index is 8.93. The van der Waals surface area contributed by atoms with Crippen molar-refractivity contribution in [3.05, 3.63) is 11.1 Å². The molecule has 1 N–H and O–H groups in total. The first-order valence-electron chi connectivity index (χ1n) is 5.80. The molecular formula is C11H19N3OS. The quantitative estimate of drug-likeness (QED) is 0.855. The highest BCUT2D eigenvalue weighted by Crippen LogP contribution is 2.21. The average molecular weight is 241 g/mol. The fraction of sp³-hybridized carbons (Fsp3) is 0.727. The summed E-state index contributed by atoms with van der Waals surface area (Å²) in [5, 5.41) is 12.2. The molecule has 16 heavy (non-hydrogen) atoms. The van der Waals surface area contributed by atoms with E-state index in [-0.39, 0.29) is 6.61 Å². The predicted molar refractivity (Wildman–Crippen MR) is 67.2 cm³/mol. The number of β-amino-alcohol motifs (C(OH)–C–C–N with tert-alkyl or cyclic N) is 1. The molecule has 1 aromatic rings. The van der Waals surface area contributed by atoms with Gasteiger partial charge in [0, 0.05) is 31.6 Å². The molecule has 90 valence electrons. The summed E-state index contributed by atoms with van der Waals surface area (Å²) in [7, 11) is 0. The van der Waals surface area contributed by atoms with Crippen molar-refractivity contribution in [2.24, 2.45) is 0 Å². The van der Waals surface area contributed by atoms with Gasteiger partial charge in [0.2, 0.25) is 0 Å². The summed E-state index contributed by atoms with van der Waals surface area (Å²) >= 11 is 1.73. The molecule has 0 spiro atoms. The van der Waals surface area contributed by atoms with Crippen LogP contribution in [-0.4, -0.2) is 54.3 Å². The zero-order valence-corrected chi connectivity index (χ0v) is 10.5. The maximum atomic E-state index is 8.93. The lowest BCUT2D eigenvalue weighted by molar-refractivity contribution is 0.204. The van der Waals surface area contributed by atoms with E-state index >= 15 is 0 Å². The lowest BCUT2D eigenvalue weighted by Crippen LogP contribution is -2.32. The van der Waals surface area contributed by atoms with E-state index in [1.807, 2.05) is 6.92 Å². The first-order chi connectivity index (χ1) is 7.79. The van der Waals surface area contributed by atoms with Crippen molar-refractivity contribution in [1.82, 2.24) is 9.88 Å². The van der Waals surface area contributed by atoms with Crippen LogP contribution in [0.5, 0.6) is 0 Å². The summed E-state index contributed by atoms with van der Waals surface area (Å²) in [5.74, 6) is 0. The van der Waals surface area contributed by atoms with Crippen molar-refractivity contribution in [3.8, 4) is 0 Å². The Morgan fingerprint density at radius 1 is 1.38 bits per heavy atom. The number of aryl methyl sites for hydroxylation is 1. The molecule has 5 heteroatoms. The van der Waals surface area contributed by atoms with E-state index in [0.29, 0.717) is 0 Å². The largest absolute Gasteiger partial charge is 0.395 e. The molecule has 2 rings (SSSR count). The first-order valence-corrected chi connectivity index (χ1v) is 6.68. The van der Waals surface area contributed by atoms with E-state index in [1.54, 1.807) is 11.3 Å². The number of hydrogen-bond acceptors (Lipinski definition) is 5. The lowest BCUT2D eigenvalue weighted by Gasteiger charge is -2.20. The number of thiazole rings is 1. The number of aromatic nitrogens is 1. The van der Waals surface area contributed by atoms with Crippen LogP contribution in [0, 0.1) is 6.92 Å². The normalized spacial score (nSPS) is 18.8. The summed E-state index contributed by atoms with van der Waals surface area (Å²) in [5.41, 5.74) is 1.11. The van der Waals surface area contributed by atoms with Crippen LogP contribution >= 0.6 is 11.3 Å². The third kappa shape index (κ3) is 2.93. The molecule has 2 heterocycles. The number of aliphatic hydroxyl groups excluding tert-OH is 1. The van der Waals surface area contributed by atoms with Crippen molar-refractivity contribution < 1.29 is 5.11 Å². The summed E-state index contributed by atoms with van der Waals surface area (Å²) in [4.78, 5) is 9.20. The number of rotatable bonds is 3. The van der Waals surface area contributed by atoms with Crippen molar-refractivity contribution in [2.45, 2.75) is 13.3 Å². The monoisotopic (exact) mass is 241 g/mol. The third-order valence-corrected chi connectivity index (χ3v) is 3.90. The fourth-order valence-electron chi connectivity index (χ4n) is 2.01. The van der Waals surface area contributed by atoms with Gasteiger partial charge in [-0.2, -0.15) is 0 Å². The predicted octanol–water partition coefficient (Wildman–Crippen LogP) is 0.956. The van der Waals surface area contributed by atoms with Crippen molar-refractivity contribution in [2.75, 3.05) is 44.2 Å². The third-order valence-electron chi connectivity index (χ3n) is 2.88. The molecule has 0 amide bonds. The highest BCUT2D eigenvalue weighted by molar-refractivity contribution is 7.13. The van der Waals surface area contributed by atoms with Crippen molar-refractivity contribution in [1.29, 1.82) is 0 Å². The molecule has 0 radical (unpaired) electrons. The van der Waals surface area contributed by atoms with Crippen LogP contribution in [0.4, 0.5) is 5.13 Å². The van der Waals surface area contributed by atoms with Gasteiger partial charge in [-0.1, -0.05) is 0 Å². The number of hydrogen-bond donors (Lipinski definition) is 1. The second kappa shape index (κ2) is 5.61. The van der Waals surface area contributed by atoms with Crippen LogP contribution in [0.25, 0.3) is 0 Å². The minimum absolute atomic E-state index is 0.260. The number of aliphatic hydroxyl groups is 1. The molecule has 0 aliphatic carbocycles. The molecule has 1 saturated heterocycles. The van der Waals surface area contributed by atoms with E-state index in [1.165, 1.54) is 0 Å². The summed E-state index contributed by atoms with van der Waals surface area (Å²) in [6.07, 6.45) is 1.15. The Bertz CT molecular complexity index is 329. The van der Waals surface area contributed by atoms with Crippen LogP contribution in [0.3, 0.4) is 0 Å². The van der Waals surface area contributed by atoms with E-state index in [0.717, 1.165) is 50.0 Å². The van der Waals surface area contributed by atoms with Crippen LogP contribution in [0.2, 0.25) is 0 Å². The SMILES string of the molecule is Cc1csc(N2CCCN(CCO)CC2)n1. The van der Waals surface area contributed by atoms with Gasteiger partial charge < -0.3 is 10.0 Å². The van der Waals surface area contributed by atoms with Crippen molar-refractivity contribution >= 4 is 16.5 Å². The summed E-state index contributed by atoms with van der Waals surface area (Å²) < 4.78 is 0. The Hall–Kier alpha value is -0.650. The standard InChI is InChI=1S/C11H19N3OS/c1-10-9-16-11(12-10)14-4-2-3-13(5-6-14)7-8-15/h9,15H,2-8H2,1H3. The lowest BCUT2D eigenvalue weighted by atomic mass is 10.4. The molecule has 1 aromatic heterocycles. The van der Waals surface area contributed by atoms with Gasteiger partial charge in [0.05, 0.1) is 12.3 Å². The Morgan fingerprint density at radius 2 is 2.25 bits per heavy atom. The number of nitrogens with zero attached hydrogens (tertiary/aromatic N) is 3. The summed E-state index contributed by atoms with van der Waals surface area (Å²) in [6.45, 7) is 7.30. The Balaban J connectivity index is 1.93. The molecular weight excluding hydrogens is 222 g/mol. The number of anilines is 1. The highest BCUT2D eigenvalue weighted by atomic mass is 32.1. The molecule has 4 nitrogen and oxygen atoms in total. The first kappa shape index (κ1) is 11.8. The van der Waals surface area contributed by atoms with Gasteiger partial charge in [-0.25, -0.2) is 4.98 Å². The van der Waals surface area contributed by atoms with E-state index in [4.69, 9.17) is 5.11 Å². The minimum atomic E-state index is 0.260. The minimum Gasteiger partial charge on any atom is -0.395 e. The van der Waals surface area contributed by atoms with E-state index < -0.39 is 0 Å². The van der Waals surface area contributed by atoms with Gasteiger partial charge in [-0.3, -0.25) is 4.90 Å². The molecule has 0 saturated carbocycles. The van der Waals surface area contributed by atoms with Crippen LogP contribution < -0.4 is 4.90 Å². The molecule has 0 atom stereocenters. The van der Waals surface area contributed by atoms with Crippen LogP contribution in [0.1, 0.15) is 12.1 Å². The van der Waals surface area contributed by atoms with E-state index in [2.05, 4.69) is 20.2 Å². The topological polar surface area (TPSA) is 39.6 Å². The molecule has 0 bridgehead atoms. The van der Waals surface area contributed by atoms with Gasteiger partial charge in [-0.05, 0) is 19.9 Å². The maximum Gasteiger partial charge on any atom is 0.185 e. The van der Waals surface area contributed by atoms with Gasteiger partial charge in [0.1, 0.15) is 0 Å². The van der Waals surface area contributed by atoms with Crippen molar-refractivity contribution in [3.63, 3.8) is 0 Å². The second-order valence-electron chi connectivity index (χ2n) is 4.18. The van der Waals surface area contributed by atoms with Crippen LogP contribution in [-0.2, 0) is 0 Å². The molecule has 1 aliphatic rings. The molecule has 1 fully saturated rings. The Kier molecular flexibility index (Phi) is 4.15. The Morgan fingerprint density at radius 3 is 2.94 bits per heavy atom. The zero-order valence-electron chi connectivity index (χ0n) is 9.72. The average Bonchev–Trinajstić information content (AvgIpc) is 2.57. The molecule has 1 aliphatic heterocycles.